The number of hydrogen-bond donors (Lipinski definition) is 1. The van der Waals surface area contributed by atoms with Crippen LogP contribution < -0.4 is 4.74 Å². The molecule has 1 aromatic rings. The van der Waals surface area contributed by atoms with E-state index in [0.717, 1.165) is 18.2 Å². The van der Waals surface area contributed by atoms with Gasteiger partial charge in [0.1, 0.15) is 5.82 Å². The van der Waals surface area contributed by atoms with Gasteiger partial charge in [-0.2, -0.15) is 0 Å². The predicted molar refractivity (Wildman–Crippen MR) is 57.3 cm³/mol. The second-order valence-electron chi connectivity index (χ2n) is 3.20. The van der Waals surface area contributed by atoms with E-state index in [9.17, 15) is 8.78 Å². The van der Waals surface area contributed by atoms with Gasteiger partial charge < -0.3 is 9.84 Å². The first-order chi connectivity index (χ1) is 7.74. The maximum Gasteiger partial charge on any atom is 0.165 e. The number of rotatable bonds is 6. The third-order valence-electron chi connectivity index (χ3n) is 1.90. The smallest absolute Gasteiger partial charge is 0.165 e. The van der Waals surface area contributed by atoms with Gasteiger partial charge in [0.25, 0.3) is 0 Å². The van der Waals surface area contributed by atoms with E-state index in [1.54, 1.807) is 0 Å². The Kier molecular flexibility index (Phi) is 5.50. The number of benzene rings is 1. The molecular weight excluding hydrogens is 214 g/mol. The van der Waals surface area contributed by atoms with Crippen LogP contribution >= 0.6 is 0 Å². The Morgan fingerprint density at radius 2 is 1.94 bits per heavy atom. The molecule has 1 aromatic carbocycles. The van der Waals surface area contributed by atoms with Crippen LogP contribution in [0.3, 0.4) is 0 Å². The van der Waals surface area contributed by atoms with Crippen molar-refractivity contribution in [3.63, 3.8) is 0 Å². The molecule has 1 N–H and O–H groups in total. The predicted octanol–water partition coefficient (Wildman–Crippen LogP) is 2.67. The van der Waals surface area contributed by atoms with E-state index in [1.807, 2.05) is 12.2 Å². The van der Waals surface area contributed by atoms with Gasteiger partial charge in [0, 0.05) is 12.7 Å². The van der Waals surface area contributed by atoms with Crippen LogP contribution in [0.4, 0.5) is 8.78 Å². The second-order valence-corrected chi connectivity index (χ2v) is 3.20. The first-order valence-electron chi connectivity index (χ1n) is 5.07. The number of aliphatic hydroxyl groups is 1. The summed E-state index contributed by atoms with van der Waals surface area (Å²) >= 11 is 0. The highest BCUT2D eigenvalue weighted by atomic mass is 19.1. The van der Waals surface area contributed by atoms with Crippen LogP contribution in [0, 0.1) is 11.6 Å². The monoisotopic (exact) mass is 228 g/mol. The lowest BCUT2D eigenvalue weighted by Crippen LogP contribution is -1.98. The maximum atomic E-state index is 13.1. The van der Waals surface area contributed by atoms with Gasteiger partial charge in [-0.3, -0.25) is 0 Å². The number of hydrogen-bond acceptors (Lipinski definition) is 2. The van der Waals surface area contributed by atoms with Gasteiger partial charge in [0.2, 0.25) is 0 Å². The molecule has 0 atom stereocenters. The lowest BCUT2D eigenvalue weighted by molar-refractivity contribution is 0.300. The van der Waals surface area contributed by atoms with Gasteiger partial charge in [-0.25, -0.2) is 8.78 Å². The molecule has 0 aliphatic heterocycles. The Morgan fingerprint density at radius 1 is 1.19 bits per heavy atom. The van der Waals surface area contributed by atoms with Crippen molar-refractivity contribution in [2.75, 3.05) is 13.2 Å². The molecule has 0 spiro atoms. The van der Waals surface area contributed by atoms with Gasteiger partial charge in [-0.15, -0.1) is 0 Å². The molecule has 88 valence electrons. The van der Waals surface area contributed by atoms with Gasteiger partial charge >= 0.3 is 0 Å². The summed E-state index contributed by atoms with van der Waals surface area (Å²) in [5.74, 6) is -1.16. The average Bonchev–Trinajstić information content (AvgIpc) is 2.28. The highest BCUT2D eigenvalue weighted by Crippen LogP contribution is 2.17. The summed E-state index contributed by atoms with van der Waals surface area (Å²) < 4.78 is 30.9. The van der Waals surface area contributed by atoms with E-state index < -0.39 is 11.6 Å². The van der Waals surface area contributed by atoms with Gasteiger partial charge in [0.05, 0.1) is 6.61 Å². The maximum absolute atomic E-state index is 13.1. The van der Waals surface area contributed by atoms with E-state index in [0.29, 0.717) is 12.8 Å². The average molecular weight is 228 g/mol. The quantitative estimate of drug-likeness (QED) is 0.599. The molecular formula is C12H14F2O2. The first kappa shape index (κ1) is 12.6. The number of ether oxygens (including phenoxy) is 1. The summed E-state index contributed by atoms with van der Waals surface area (Å²) in [5.41, 5.74) is 0. The summed E-state index contributed by atoms with van der Waals surface area (Å²) in [7, 11) is 0. The molecule has 0 aliphatic carbocycles. The van der Waals surface area contributed by atoms with E-state index in [4.69, 9.17) is 9.84 Å². The minimum absolute atomic E-state index is 0.0736. The van der Waals surface area contributed by atoms with Crippen LogP contribution in [0.5, 0.6) is 5.75 Å². The van der Waals surface area contributed by atoms with Gasteiger partial charge in [-0.05, 0) is 25.0 Å². The summed E-state index contributed by atoms with van der Waals surface area (Å²) in [4.78, 5) is 0. The van der Waals surface area contributed by atoms with Crippen molar-refractivity contribution >= 4 is 0 Å². The fraction of sp³-hybridized carbons (Fsp3) is 0.333. The molecule has 0 unspecified atom stereocenters. The Bertz CT molecular complexity index is 351. The van der Waals surface area contributed by atoms with Gasteiger partial charge in [0.15, 0.2) is 11.6 Å². The fourth-order valence-electron chi connectivity index (χ4n) is 1.13. The van der Waals surface area contributed by atoms with Crippen LogP contribution in [-0.2, 0) is 0 Å². The Labute approximate surface area is 93.2 Å². The molecule has 0 fully saturated rings. The van der Waals surface area contributed by atoms with E-state index >= 15 is 0 Å². The highest BCUT2D eigenvalue weighted by Gasteiger charge is 2.03. The molecule has 0 saturated carbocycles. The lowest BCUT2D eigenvalue weighted by atomic mass is 10.3. The fourth-order valence-corrected chi connectivity index (χ4v) is 1.13. The van der Waals surface area contributed by atoms with Crippen molar-refractivity contribution in [1.82, 2.24) is 0 Å². The topological polar surface area (TPSA) is 29.5 Å². The normalized spacial score (nSPS) is 10.9. The molecule has 0 amide bonds. The summed E-state index contributed by atoms with van der Waals surface area (Å²) in [6, 6.07) is 3.10. The third kappa shape index (κ3) is 4.40. The van der Waals surface area contributed by atoms with Crippen molar-refractivity contribution in [2.45, 2.75) is 12.8 Å². The molecule has 0 heterocycles. The third-order valence-corrected chi connectivity index (χ3v) is 1.90. The van der Waals surface area contributed by atoms with Crippen LogP contribution in [0.25, 0.3) is 0 Å². The van der Waals surface area contributed by atoms with Gasteiger partial charge in [-0.1, -0.05) is 12.2 Å². The molecule has 4 heteroatoms. The molecule has 0 bridgehead atoms. The summed E-state index contributed by atoms with van der Waals surface area (Å²) in [6.45, 7) is 0.387. The zero-order valence-electron chi connectivity index (χ0n) is 8.83. The molecule has 0 radical (unpaired) electrons. The summed E-state index contributed by atoms with van der Waals surface area (Å²) in [6.07, 6.45) is 4.82. The zero-order chi connectivity index (χ0) is 11.8. The molecule has 0 saturated heterocycles. The molecule has 2 nitrogen and oxygen atoms in total. The molecule has 1 rings (SSSR count). The van der Waals surface area contributed by atoms with Crippen molar-refractivity contribution in [2.24, 2.45) is 0 Å². The standard InChI is InChI=1S/C12H14F2O2/c13-10-5-6-11(14)12(9-10)16-8-4-2-1-3-7-15/h1-2,5-6,9,15H,3-4,7-8H2/b2-1-. The van der Waals surface area contributed by atoms with E-state index in [2.05, 4.69) is 0 Å². The van der Waals surface area contributed by atoms with Crippen LogP contribution in [-0.4, -0.2) is 18.3 Å². The van der Waals surface area contributed by atoms with E-state index in [1.165, 1.54) is 0 Å². The van der Waals surface area contributed by atoms with Crippen molar-refractivity contribution in [1.29, 1.82) is 0 Å². The highest BCUT2D eigenvalue weighted by molar-refractivity contribution is 5.24. The molecule has 0 aromatic heterocycles. The Hall–Kier alpha value is -1.42. The van der Waals surface area contributed by atoms with Crippen molar-refractivity contribution in [3.8, 4) is 5.75 Å². The largest absolute Gasteiger partial charge is 0.490 e. The minimum Gasteiger partial charge on any atom is -0.490 e. The number of aliphatic hydroxyl groups excluding tert-OH is 1. The molecule has 16 heavy (non-hydrogen) atoms. The van der Waals surface area contributed by atoms with Crippen LogP contribution in [0.2, 0.25) is 0 Å². The van der Waals surface area contributed by atoms with Crippen molar-refractivity contribution < 1.29 is 18.6 Å². The van der Waals surface area contributed by atoms with E-state index in [-0.39, 0.29) is 19.0 Å². The SMILES string of the molecule is OCC/C=C\CCOc1cc(F)ccc1F. The Balaban J connectivity index is 2.34. The Morgan fingerprint density at radius 3 is 2.69 bits per heavy atom. The number of halogens is 2. The minimum atomic E-state index is -0.569. The van der Waals surface area contributed by atoms with Crippen LogP contribution in [0.1, 0.15) is 12.8 Å². The first-order valence-corrected chi connectivity index (χ1v) is 5.07. The summed E-state index contributed by atoms with van der Waals surface area (Å²) in [5, 5.41) is 8.49. The van der Waals surface area contributed by atoms with Crippen molar-refractivity contribution in [3.05, 3.63) is 42.0 Å². The molecule has 0 aliphatic rings. The van der Waals surface area contributed by atoms with Crippen LogP contribution in [0.15, 0.2) is 30.4 Å². The lowest BCUT2D eigenvalue weighted by Gasteiger charge is -2.05. The second kappa shape index (κ2) is 6.95. The zero-order valence-corrected chi connectivity index (χ0v) is 8.83.